The number of benzene rings is 2. The molecule has 0 bridgehead atoms. The van der Waals surface area contributed by atoms with Crippen LogP contribution in [-0.4, -0.2) is 32.3 Å². The molecule has 2 aliphatic rings. The summed E-state index contributed by atoms with van der Waals surface area (Å²) in [5.74, 6) is -0.444. The summed E-state index contributed by atoms with van der Waals surface area (Å²) < 4.78 is 27.3. The lowest BCUT2D eigenvalue weighted by atomic mass is 10.1. The van der Waals surface area contributed by atoms with Crippen LogP contribution in [0, 0.1) is 0 Å². The molecule has 0 aromatic heterocycles. The first-order valence-electron chi connectivity index (χ1n) is 8.98. The van der Waals surface area contributed by atoms with E-state index in [1.54, 1.807) is 15.9 Å². The lowest BCUT2D eigenvalue weighted by Crippen LogP contribution is -2.39. The molecule has 0 aliphatic carbocycles. The number of anilines is 2. The maximum Gasteiger partial charge on any atom is 0.267 e. The van der Waals surface area contributed by atoms with Gasteiger partial charge in [0.25, 0.3) is 5.91 Å². The predicted octanol–water partition coefficient (Wildman–Crippen LogP) is 4.88. The molecule has 0 N–H and O–H groups in total. The van der Waals surface area contributed by atoms with E-state index in [4.69, 9.17) is 11.6 Å². The average Bonchev–Trinajstić information content (AvgIpc) is 2.68. The van der Waals surface area contributed by atoms with Crippen LogP contribution in [0.5, 0.6) is 0 Å². The number of carbonyl (C=O) groups excluding carboxylic acids is 1. The minimum Gasteiger partial charge on any atom is -0.338 e. The fourth-order valence-electron chi connectivity index (χ4n) is 3.54. The molecule has 0 atom stereocenters. The summed E-state index contributed by atoms with van der Waals surface area (Å²) in [7, 11) is -3.94. The van der Waals surface area contributed by atoms with Crippen molar-refractivity contribution in [1.29, 1.82) is 0 Å². The minimum absolute atomic E-state index is 0.0831. The smallest absolute Gasteiger partial charge is 0.267 e. The van der Waals surface area contributed by atoms with E-state index in [9.17, 15) is 13.2 Å². The van der Waals surface area contributed by atoms with E-state index < -0.39 is 15.7 Å². The third kappa shape index (κ3) is 3.47. The van der Waals surface area contributed by atoms with Gasteiger partial charge in [-0.25, -0.2) is 8.42 Å². The first-order chi connectivity index (χ1) is 13.4. The highest BCUT2D eigenvalue weighted by Gasteiger charge is 2.38. The Bertz CT molecular complexity index is 1080. The fourth-order valence-corrected chi connectivity index (χ4v) is 5.62. The highest BCUT2D eigenvalue weighted by molar-refractivity contribution is 9.10. The van der Waals surface area contributed by atoms with Gasteiger partial charge < -0.3 is 9.80 Å². The Hall–Kier alpha value is -1.83. The average molecular weight is 482 g/mol. The molecule has 146 valence electrons. The Morgan fingerprint density at radius 3 is 2.50 bits per heavy atom. The Balaban J connectivity index is 1.88. The quantitative estimate of drug-likeness (QED) is 0.613. The van der Waals surface area contributed by atoms with Crippen LogP contribution in [0.2, 0.25) is 5.02 Å². The molecule has 0 spiro atoms. The monoisotopic (exact) mass is 480 g/mol. The number of nitrogens with zero attached hydrogens (tertiary/aromatic N) is 2. The molecule has 1 amide bonds. The van der Waals surface area contributed by atoms with Crippen molar-refractivity contribution in [2.75, 3.05) is 18.0 Å². The molecule has 8 heteroatoms. The van der Waals surface area contributed by atoms with Gasteiger partial charge in [-0.3, -0.25) is 4.79 Å². The molecule has 2 aromatic carbocycles. The molecule has 28 heavy (non-hydrogen) atoms. The molecular formula is C20H18BrClN2O3S. The van der Waals surface area contributed by atoms with E-state index in [-0.39, 0.29) is 9.80 Å². The number of fused-ring (bicyclic) bond motifs is 1. The molecule has 2 heterocycles. The summed E-state index contributed by atoms with van der Waals surface area (Å²) in [5.41, 5.74) is 1.16. The predicted molar refractivity (Wildman–Crippen MR) is 113 cm³/mol. The van der Waals surface area contributed by atoms with Crippen LogP contribution in [0.25, 0.3) is 0 Å². The number of amides is 1. The fraction of sp³-hybridized carbons (Fsp3) is 0.250. The Kier molecular flexibility index (Phi) is 5.24. The Morgan fingerprint density at radius 2 is 1.79 bits per heavy atom. The number of sulfone groups is 1. The number of halogens is 2. The first kappa shape index (κ1) is 19.5. The molecule has 0 unspecified atom stereocenters. The van der Waals surface area contributed by atoms with Gasteiger partial charge in [0.15, 0.2) is 4.91 Å². The van der Waals surface area contributed by atoms with Crippen LogP contribution < -0.4 is 4.90 Å². The van der Waals surface area contributed by atoms with Crippen LogP contribution in [0.4, 0.5) is 11.4 Å². The largest absolute Gasteiger partial charge is 0.338 e. The number of hydrogen-bond acceptors (Lipinski definition) is 4. The molecule has 0 radical (unpaired) electrons. The molecule has 0 saturated carbocycles. The van der Waals surface area contributed by atoms with Gasteiger partial charge in [0, 0.05) is 34.5 Å². The zero-order chi connectivity index (χ0) is 19.9. The van der Waals surface area contributed by atoms with Gasteiger partial charge in [0.05, 0.1) is 10.6 Å². The highest BCUT2D eigenvalue weighted by atomic mass is 79.9. The van der Waals surface area contributed by atoms with Crippen molar-refractivity contribution in [2.24, 2.45) is 0 Å². The van der Waals surface area contributed by atoms with Crippen molar-refractivity contribution in [3.8, 4) is 0 Å². The topological polar surface area (TPSA) is 57.7 Å². The summed E-state index contributed by atoms with van der Waals surface area (Å²) in [6.45, 7) is 1.16. The van der Waals surface area contributed by atoms with E-state index in [0.717, 1.165) is 29.4 Å². The Labute approximate surface area is 177 Å². The lowest BCUT2D eigenvalue weighted by molar-refractivity contribution is -0.127. The number of likely N-dealkylation sites (tertiary alicyclic amines) is 1. The highest BCUT2D eigenvalue weighted by Crippen LogP contribution is 2.41. The minimum atomic E-state index is -3.94. The second-order valence-corrected chi connectivity index (χ2v) is 10.1. The van der Waals surface area contributed by atoms with Gasteiger partial charge in [-0.15, -0.1) is 0 Å². The normalized spacial score (nSPS) is 18.4. The van der Waals surface area contributed by atoms with Gasteiger partial charge in [-0.1, -0.05) is 33.6 Å². The van der Waals surface area contributed by atoms with Crippen molar-refractivity contribution in [3.63, 3.8) is 0 Å². The van der Waals surface area contributed by atoms with Crippen LogP contribution in [0.15, 0.2) is 62.9 Å². The number of piperidine rings is 1. The van der Waals surface area contributed by atoms with Gasteiger partial charge in [0.2, 0.25) is 9.84 Å². The van der Waals surface area contributed by atoms with Crippen molar-refractivity contribution in [3.05, 3.63) is 63.1 Å². The van der Waals surface area contributed by atoms with Crippen LogP contribution in [-0.2, 0) is 14.6 Å². The standard InChI is InChI=1S/C20H18BrClN2O3S/c21-14-5-4-6-16(11-14)24-13-19(20(25)23-9-2-1-3-10-23)28(26,27)18-8-7-15(22)12-17(18)24/h4-8,11-13H,1-3,9-10H2. The third-order valence-corrected chi connectivity index (χ3v) is 7.46. The second-order valence-electron chi connectivity index (χ2n) is 6.81. The van der Waals surface area contributed by atoms with Crippen LogP contribution in [0.3, 0.4) is 0 Å². The van der Waals surface area contributed by atoms with Crippen LogP contribution in [0.1, 0.15) is 19.3 Å². The molecule has 5 nitrogen and oxygen atoms in total. The van der Waals surface area contributed by atoms with Gasteiger partial charge >= 0.3 is 0 Å². The molecule has 1 fully saturated rings. The van der Waals surface area contributed by atoms with Gasteiger partial charge in [-0.05, 0) is 55.7 Å². The van der Waals surface area contributed by atoms with Crippen molar-refractivity contribution >= 4 is 54.7 Å². The summed E-state index contributed by atoms with van der Waals surface area (Å²) >= 11 is 9.59. The van der Waals surface area contributed by atoms with E-state index in [2.05, 4.69) is 15.9 Å². The molecule has 2 aromatic rings. The molecule has 1 saturated heterocycles. The second kappa shape index (κ2) is 7.54. The Morgan fingerprint density at radius 1 is 1.04 bits per heavy atom. The van der Waals surface area contributed by atoms with Gasteiger partial charge in [-0.2, -0.15) is 0 Å². The molecule has 2 aliphatic heterocycles. The van der Waals surface area contributed by atoms with E-state index in [0.29, 0.717) is 23.8 Å². The van der Waals surface area contributed by atoms with Crippen molar-refractivity contribution in [2.45, 2.75) is 24.2 Å². The first-order valence-corrected chi connectivity index (χ1v) is 11.6. The summed E-state index contributed by atoms with van der Waals surface area (Å²) in [6, 6.07) is 12.1. The number of rotatable bonds is 2. The zero-order valence-electron chi connectivity index (χ0n) is 14.9. The summed E-state index contributed by atoms with van der Waals surface area (Å²) in [5, 5.41) is 0.424. The SMILES string of the molecule is O=C(C1=CN(c2cccc(Br)c2)c2cc(Cl)ccc2S1(=O)=O)N1CCCCC1. The molecule has 4 rings (SSSR count). The van der Waals surface area contributed by atoms with Crippen LogP contribution >= 0.6 is 27.5 Å². The summed E-state index contributed by atoms with van der Waals surface area (Å²) in [6.07, 6.45) is 4.26. The number of carbonyl (C=O) groups is 1. The van der Waals surface area contributed by atoms with Crippen molar-refractivity contribution in [1.82, 2.24) is 4.90 Å². The third-order valence-electron chi connectivity index (χ3n) is 4.95. The van der Waals surface area contributed by atoms with E-state index >= 15 is 0 Å². The van der Waals surface area contributed by atoms with Crippen molar-refractivity contribution < 1.29 is 13.2 Å². The summed E-state index contributed by atoms with van der Waals surface area (Å²) in [4.78, 5) is 16.3. The molecular weight excluding hydrogens is 464 g/mol. The lowest BCUT2D eigenvalue weighted by Gasteiger charge is -2.32. The zero-order valence-corrected chi connectivity index (χ0v) is 18.1. The maximum atomic E-state index is 13.2. The van der Waals surface area contributed by atoms with E-state index in [1.807, 2.05) is 24.3 Å². The maximum absolute atomic E-state index is 13.2. The number of hydrogen-bond donors (Lipinski definition) is 0. The van der Waals surface area contributed by atoms with Gasteiger partial charge in [0.1, 0.15) is 0 Å². The van der Waals surface area contributed by atoms with E-state index in [1.165, 1.54) is 18.3 Å².